The number of aliphatic hydroxyl groups excluding tert-OH is 2. The standard InChI is InChI=1S/C13H22O2/c1-3-12(8-14)10-5-6-11(7-10)13(12,4-2)9-15/h5-6,10-11,14-15H,3-4,7-9H2,1-2H3. The van der Waals surface area contributed by atoms with Gasteiger partial charge in [0, 0.05) is 24.0 Å². The summed E-state index contributed by atoms with van der Waals surface area (Å²) in [6, 6.07) is 0. The minimum absolute atomic E-state index is 0.0735. The maximum atomic E-state index is 9.79. The van der Waals surface area contributed by atoms with E-state index in [2.05, 4.69) is 26.0 Å². The number of fused-ring (bicyclic) bond motifs is 2. The minimum atomic E-state index is -0.0735. The summed E-state index contributed by atoms with van der Waals surface area (Å²) in [4.78, 5) is 0. The van der Waals surface area contributed by atoms with Crippen molar-refractivity contribution in [2.24, 2.45) is 22.7 Å². The van der Waals surface area contributed by atoms with Crippen molar-refractivity contribution >= 4 is 0 Å². The van der Waals surface area contributed by atoms with Crippen molar-refractivity contribution in [2.45, 2.75) is 33.1 Å². The molecule has 0 amide bonds. The zero-order valence-corrected chi connectivity index (χ0v) is 9.74. The van der Waals surface area contributed by atoms with E-state index in [0.717, 1.165) is 19.3 Å². The molecule has 0 saturated heterocycles. The highest BCUT2D eigenvalue weighted by Gasteiger charge is 2.63. The molecule has 0 aromatic heterocycles. The highest BCUT2D eigenvalue weighted by atomic mass is 16.3. The summed E-state index contributed by atoms with van der Waals surface area (Å²) in [6.07, 6.45) is 7.57. The normalized spacial score (nSPS) is 47.7. The molecule has 0 aromatic carbocycles. The van der Waals surface area contributed by atoms with Gasteiger partial charge in [-0.1, -0.05) is 26.0 Å². The largest absolute Gasteiger partial charge is 0.396 e. The lowest BCUT2D eigenvalue weighted by molar-refractivity contribution is -0.0712. The maximum Gasteiger partial charge on any atom is 0.0499 e. The van der Waals surface area contributed by atoms with Gasteiger partial charge in [0.1, 0.15) is 0 Å². The molecule has 1 saturated carbocycles. The average molecular weight is 210 g/mol. The lowest BCUT2D eigenvalue weighted by atomic mass is 9.56. The van der Waals surface area contributed by atoms with Gasteiger partial charge >= 0.3 is 0 Å². The first-order valence-corrected chi connectivity index (χ1v) is 6.10. The van der Waals surface area contributed by atoms with Gasteiger partial charge in [0.15, 0.2) is 0 Å². The molecular weight excluding hydrogens is 188 g/mol. The lowest BCUT2D eigenvalue weighted by Crippen LogP contribution is -2.49. The van der Waals surface area contributed by atoms with E-state index in [1.54, 1.807) is 0 Å². The zero-order valence-electron chi connectivity index (χ0n) is 9.74. The Morgan fingerprint density at radius 1 is 1.00 bits per heavy atom. The van der Waals surface area contributed by atoms with Gasteiger partial charge < -0.3 is 10.2 Å². The van der Waals surface area contributed by atoms with E-state index < -0.39 is 0 Å². The highest BCUT2D eigenvalue weighted by Crippen LogP contribution is 2.66. The Labute approximate surface area is 92.0 Å². The number of aliphatic hydroxyl groups is 2. The molecule has 2 heteroatoms. The molecule has 0 spiro atoms. The number of hydrogen-bond donors (Lipinski definition) is 2. The Hall–Kier alpha value is -0.340. The molecule has 0 aliphatic heterocycles. The monoisotopic (exact) mass is 210 g/mol. The van der Waals surface area contributed by atoms with Gasteiger partial charge in [0.25, 0.3) is 0 Å². The van der Waals surface area contributed by atoms with Crippen molar-refractivity contribution in [3.63, 3.8) is 0 Å². The summed E-state index contributed by atoms with van der Waals surface area (Å²) in [5.41, 5.74) is -0.147. The van der Waals surface area contributed by atoms with Gasteiger partial charge in [0.05, 0.1) is 0 Å². The Morgan fingerprint density at radius 2 is 1.40 bits per heavy atom. The van der Waals surface area contributed by atoms with Crippen molar-refractivity contribution in [2.75, 3.05) is 13.2 Å². The van der Waals surface area contributed by atoms with Crippen LogP contribution in [0.25, 0.3) is 0 Å². The molecule has 2 rings (SSSR count). The molecule has 2 N–H and O–H groups in total. The summed E-state index contributed by atoms with van der Waals surface area (Å²) in [7, 11) is 0. The Kier molecular flexibility index (Phi) is 2.68. The average Bonchev–Trinajstić information content (AvgIpc) is 2.85. The van der Waals surface area contributed by atoms with Crippen molar-refractivity contribution in [3.05, 3.63) is 12.2 Å². The van der Waals surface area contributed by atoms with Crippen LogP contribution >= 0.6 is 0 Å². The van der Waals surface area contributed by atoms with E-state index in [1.165, 1.54) is 0 Å². The fourth-order valence-electron chi connectivity index (χ4n) is 4.26. The molecule has 4 atom stereocenters. The molecule has 0 heterocycles. The smallest absolute Gasteiger partial charge is 0.0499 e. The molecule has 2 bridgehead atoms. The number of hydrogen-bond acceptors (Lipinski definition) is 2. The molecule has 2 nitrogen and oxygen atoms in total. The third-order valence-electron chi connectivity index (χ3n) is 5.32. The van der Waals surface area contributed by atoms with Crippen molar-refractivity contribution in [1.82, 2.24) is 0 Å². The summed E-state index contributed by atoms with van der Waals surface area (Å²) in [5.74, 6) is 0.953. The molecule has 86 valence electrons. The summed E-state index contributed by atoms with van der Waals surface area (Å²) in [5, 5.41) is 19.6. The van der Waals surface area contributed by atoms with Gasteiger partial charge in [-0.3, -0.25) is 0 Å². The second-order valence-corrected chi connectivity index (χ2v) is 5.17. The van der Waals surface area contributed by atoms with Crippen LogP contribution in [0.3, 0.4) is 0 Å². The van der Waals surface area contributed by atoms with Crippen molar-refractivity contribution in [3.8, 4) is 0 Å². The molecular formula is C13H22O2. The Morgan fingerprint density at radius 3 is 1.67 bits per heavy atom. The second-order valence-electron chi connectivity index (χ2n) is 5.17. The van der Waals surface area contributed by atoms with Crippen molar-refractivity contribution in [1.29, 1.82) is 0 Å². The van der Waals surface area contributed by atoms with Crippen LogP contribution in [0.15, 0.2) is 12.2 Å². The quantitative estimate of drug-likeness (QED) is 0.696. The Balaban J connectivity index is 2.47. The van der Waals surface area contributed by atoms with Crippen LogP contribution in [0.1, 0.15) is 33.1 Å². The third kappa shape index (κ3) is 1.07. The van der Waals surface area contributed by atoms with Crippen LogP contribution in [0, 0.1) is 22.7 Å². The first kappa shape index (κ1) is 11.2. The topological polar surface area (TPSA) is 40.5 Å². The lowest BCUT2D eigenvalue weighted by Gasteiger charge is -2.49. The van der Waals surface area contributed by atoms with E-state index in [4.69, 9.17) is 0 Å². The fraction of sp³-hybridized carbons (Fsp3) is 0.846. The first-order chi connectivity index (χ1) is 7.20. The van der Waals surface area contributed by atoms with Crippen LogP contribution in [0.5, 0.6) is 0 Å². The molecule has 0 aromatic rings. The molecule has 2 aliphatic rings. The molecule has 0 radical (unpaired) electrons. The van der Waals surface area contributed by atoms with Crippen LogP contribution < -0.4 is 0 Å². The summed E-state index contributed by atoms with van der Waals surface area (Å²) >= 11 is 0. The zero-order chi connectivity index (χ0) is 11.1. The van der Waals surface area contributed by atoms with Crippen LogP contribution in [-0.4, -0.2) is 23.4 Å². The summed E-state index contributed by atoms with van der Waals surface area (Å²) < 4.78 is 0. The second kappa shape index (κ2) is 3.60. The van der Waals surface area contributed by atoms with Gasteiger partial charge in [-0.2, -0.15) is 0 Å². The van der Waals surface area contributed by atoms with Gasteiger partial charge in [-0.25, -0.2) is 0 Å². The van der Waals surface area contributed by atoms with Crippen LogP contribution in [0.2, 0.25) is 0 Å². The predicted molar refractivity (Wildman–Crippen MR) is 60.4 cm³/mol. The number of rotatable bonds is 4. The number of allylic oxidation sites excluding steroid dienone is 2. The highest BCUT2D eigenvalue weighted by molar-refractivity contribution is 5.24. The molecule has 15 heavy (non-hydrogen) atoms. The van der Waals surface area contributed by atoms with E-state index in [1.807, 2.05) is 0 Å². The maximum absolute atomic E-state index is 9.79. The van der Waals surface area contributed by atoms with Gasteiger partial charge in [0.2, 0.25) is 0 Å². The first-order valence-electron chi connectivity index (χ1n) is 6.10. The fourth-order valence-corrected chi connectivity index (χ4v) is 4.26. The van der Waals surface area contributed by atoms with Gasteiger partial charge in [-0.05, 0) is 31.1 Å². The van der Waals surface area contributed by atoms with E-state index in [-0.39, 0.29) is 24.0 Å². The molecule has 2 aliphatic carbocycles. The molecule has 1 fully saturated rings. The third-order valence-corrected chi connectivity index (χ3v) is 5.32. The SMILES string of the molecule is CCC1(CO)C2C=CC(C2)C1(CC)CO. The van der Waals surface area contributed by atoms with E-state index >= 15 is 0 Å². The summed E-state index contributed by atoms with van der Waals surface area (Å²) in [6.45, 7) is 4.71. The van der Waals surface area contributed by atoms with Crippen LogP contribution in [0.4, 0.5) is 0 Å². The van der Waals surface area contributed by atoms with Crippen molar-refractivity contribution < 1.29 is 10.2 Å². The van der Waals surface area contributed by atoms with Gasteiger partial charge in [-0.15, -0.1) is 0 Å². The van der Waals surface area contributed by atoms with E-state index in [9.17, 15) is 10.2 Å². The van der Waals surface area contributed by atoms with Crippen LogP contribution in [-0.2, 0) is 0 Å². The Bertz CT molecular complexity index is 236. The predicted octanol–water partition coefficient (Wildman–Crippen LogP) is 1.97. The molecule has 4 unspecified atom stereocenters. The van der Waals surface area contributed by atoms with E-state index in [0.29, 0.717) is 11.8 Å². The minimum Gasteiger partial charge on any atom is -0.396 e.